The summed E-state index contributed by atoms with van der Waals surface area (Å²) in [4.78, 5) is 11.9. The van der Waals surface area contributed by atoms with E-state index >= 15 is 0 Å². The molecule has 0 spiro atoms. The third-order valence-electron chi connectivity index (χ3n) is 2.98. The van der Waals surface area contributed by atoms with Crippen molar-refractivity contribution in [1.82, 2.24) is 0 Å². The molecule has 0 unspecified atom stereocenters. The highest BCUT2D eigenvalue weighted by Gasteiger charge is 2.05. The van der Waals surface area contributed by atoms with Gasteiger partial charge in [0.2, 0.25) is 5.91 Å². The number of ether oxygens (including phenoxy) is 1. The summed E-state index contributed by atoms with van der Waals surface area (Å²) >= 11 is 3.36. The molecule has 2 aromatic carbocycles. The molecule has 116 valence electrons. The van der Waals surface area contributed by atoms with E-state index in [1.54, 1.807) is 0 Å². The number of amides is 1. The van der Waals surface area contributed by atoms with Gasteiger partial charge in [-0.25, -0.2) is 0 Å². The highest BCUT2D eigenvalue weighted by atomic mass is 79.9. The lowest BCUT2D eigenvalue weighted by Crippen LogP contribution is -2.16. The molecular weight excluding hydrogens is 344 g/mol. The topological polar surface area (TPSA) is 50.4 Å². The van der Waals surface area contributed by atoms with Crippen LogP contribution in [-0.4, -0.2) is 19.1 Å². The van der Waals surface area contributed by atoms with Gasteiger partial charge in [0, 0.05) is 23.1 Å². The highest BCUT2D eigenvalue weighted by molar-refractivity contribution is 9.10. The summed E-state index contributed by atoms with van der Waals surface area (Å²) in [5.41, 5.74) is 1.70. The van der Waals surface area contributed by atoms with E-state index in [1.807, 2.05) is 55.5 Å². The lowest BCUT2D eigenvalue weighted by molar-refractivity contribution is -0.115. The minimum absolute atomic E-state index is 0.0243. The second kappa shape index (κ2) is 8.44. The Balaban J connectivity index is 1.81. The fourth-order valence-electron chi connectivity index (χ4n) is 1.96. The SMILES string of the molecule is CCOc1ccccc1NCCC(=O)Nc1ccc(Br)cc1. The molecule has 4 nitrogen and oxygen atoms in total. The Kier molecular flexibility index (Phi) is 6.27. The fraction of sp³-hybridized carbons (Fsp3) is 0.235. The molecule has 22 heavy (non-hydrogen) atoms. The third kappa shape index (κ3) is 5.07. The molecule has 0 fully saturated rings. The molecule has 0 aromatic heterocycles. The maximum Gasteiger partial charge on any atom is 0.226 e. The first kappa shape index (κ1) is 16.4. The summed E-state index contributed by atoms with van der Waals surface area (Å²) < 4.78 is 6.52. The van der Waals surface area contributed by atoms with Crippen LogP contribution in [-0.2, 0) is 4.79 Å². The zero-order valence-corrected chi connectivity index (χ0v) is 14.0. The van der Waals surface area contributed by atoms with Crippen molar-refractivity contribution >= 4 is 33.2 Å². The predicted octanol–water partition coefficient (Wildman–Crippen LogP) is 4.29. The van der Waals surface area contributed by atoms with Gasteiger partial charge in [-0.1, -0.05) is 28.1 Å². The summed E-state index contributed by atoms with van der Waals surface area (Å²) in [7, 11) is 0. The number of hydrogen-bond donors (Lipinski definition) is 2. The normalized spacial score (nSPS) is 10.1. The summed E-state index contributed by atoms with van der Waals surface area (Å²) in [5.74, 6) is 0.780. The molecule has 0 aliphatic rings. The molecule has 0 heterocycles. The van der Waals surface area contributed by atoms with Crippen molar-refractivity contribution in [2.24, 2.45) is 0 Å². The van der Waals surface area contributed by atoms with E-state index in [4.69, 9.17) is 4.74 Å². The second-order valence-electron chi connectivity index (χ2n) is 4.66. The van der Waals surface area contributed by atoms with Gasteiger partial charge < -0.3 is 15.4 Å². The number of benzene rings is 2. The van der Waals surface area contributed by atoms with E-state index < -0.39 is 0 Å². The molecule has 1 amide bonds. The average molecular weight is 363 g/mol. The van der Waals surface area contributed by atoms with Gasteiger partial charge in [-0.05, 0) is 43.3 Å². The smallest absolute Gasteiger partial charge is 0.226 e. The summed E-state index contributed by atoms with van der Waals surface area (Å²) in [6.45, 7) is 3.11. The van der Waals surface area contributed by atoms with E-state index in [1.165, 1.54) is 0 Å². The van der Waals surface area contributed by atoms with Crippen LogP contribution in [0.5, 0.6) is 5.75 Å². The maximum absolute atomic E-state index is 11.9. The largest absolute Gasteiger partial charge is 0.492 e. The van der Waals surface area contributed by atoms with Gasteiger partial charge in [0.05, 0.1) is 12.3 Å². The number of anilines is 2. The lowest BCUT2D eigenvalue weighted by Gasteiger charge is -2.12. The highest BCUT2D eigenvalue weighted by Crippen LogP contribution is 2.23. The molecule has 2 aromatic rings. The molecule has 0 saturated heterocycles. The van der Waals surface area contributed by atoms with Crippen LogP contribution < -0.4 is 15.4 Å². The molecule has 0 bridgehead atoms. The van der Waals surface area contributed by atoms with Crippen LogP contribution in [0.25, 0.3) is 0 Å². The molecule has 0 radical (unpaired) electrons. The Labute approximate surface area is 139 Å². The van der Waals surface area contributed by atoms with E-state index in [0.29, 0.717) is 19.6 Å². The van der Waals surface area contributed by atoms with E-state index in [0.717, 1.165) is 21.6 Å². The molecule has 0 atom stereocenters. The van der Waals surface area contributed by atoms with Crippen LogP contribution in [0.15, 0.2) is 53.0 Å². The van der Waals surface area contributed by atoms with Crippen molar-refractivity contribution in [3.63, 3.8) is 0 Å². The number of carbonyl (C=O) groups excluding carboxylic acids is 1. The van der Waals surface area contributed by atoms with Crippen LogP contribution in [0.3, 0.4) is 0 Å². The Morgan fingerprint density at radius 1 is 1.14 bits per heavy atom. The third-order valence-corrected chi connectivity index (χ3v) is 3.51. The Morgan fingerprint density at radius 2 is 1.86 bits per heavy atom. The quantitative estimate of drug-likeness (QED) is 0.772. The van der Waals surface area contributed by atoms with E-state index in [2.05, 4.69) is 26.6 Å². The minimum atomic E-state index is -0.0243. The molecule has 2 rings (SSSR count). The molecule has 0 saturated carbocycles. The van der Waals surface area contributed by atoms with Gasteiger partial charge in [-0.2, -0.15) is 0 Å². The van der Waals surface area contributed by atoms with Crippen molar-refractivity contribution in [3.8, 4) is 5.75 Å². The van der Waals surface area contributed by atoms with Crippen LogP contribution in [0.4, 0.5) is 11.4 Å². The van der Waals surface area contributed by atoms with Gasteiger partial charge in [0.25, 0.3) is 0 Å². The maximum atomic E-state index is 11.9. The van der Waals surface area contributed by atoms with Crippen molar-refractivity contribution in [3.05, 3.63) is 53.0 Å². The zero-order chi connectivity index (χ0) is 15.8. The first-order valence-electron chi connectivity index (χ1n) is 7.20. The second-order valence-corrected chi connectivity index (χ2v) is 5.58. The Morgan fingerprint density at radius 3 is 2.59 bits per heavy atom. The van der Waals surface area contributed by atoms with Crippen LogP contribution in [0.2, 0.25) is 0 Å². The summed E-state index contributed by atoms with van der Waals surface area (Å²) in [6, 6.07) is 15.2. The minimum Gasteiger partial charge on any atom is -0.492 e. The van der Waals surface area contributed by atoms with Gasteiger partial charge in [-0.15, -0.1) is 0 Å². The molecule has 0 aliphatic carbocycles. The van der Waals surface area contributed by atoms with Crippen molar-refractivity contribution in [1.29, 1.82) is 0 Å². The van der Waals surface area contributed by atoms with Crippen molar-refractivity contribution in [2.45, 2.75) is 13.3 Å². The van der Waals surface area contributed by atoms with Gasteiger partial charge >= 0.3 is 0 Å². The molecular formula is C17H19BrN2O2. The van der Waals surface area contributed by atoms with Crippen LogP contribution >= 0.6 is 15.9 Å². The van der Waals surface area contributed by atoms with Crippen molar-refractivity contribution < 1.29 is 9.53 Å². The summed E-state index contributed by atoms with van der Waals surface area (Å²) in [6.07, 6.45) is 0.385. The first-order valence-corrected chi connectivity index (χ1v) is 7.99. The number of halogens is 1. The monoisotopic (exact) mass is 362 g/mol. The Bertz CT molecular complexity index is 614. The predicted molar refractivity (Wildman–Crippen MR) is 93.5 cm³/mol. The van der Waals surface area contributed by atoms with Crippen molar-refractivity contribution in [2.75, 3.05) is 23.8 Å². The lowest BCUT2D eigenvalue weighted by atomic mass is 10.2. The number of nitrogens with one attached hydrogen (secondary N) is 2. The Hall–Kier alpha value is -2.01. The fourth-order valence-corrected chi connectivity index (χ4v) is 2.23. The number of carbonyl (C=O) groups is 1. The standard InChI is InChI=1S/C17H19BrN2O2/c1-2-22-16-6-4-3-5-15(16)19-12-11-17(21)20-14-9-7-13(18)8-10-14/h3-10,19H,2,11-12H2,1H3,(H,20,21). The van der Waals surface area contributed by atoms with Crippen LogP contribution in [0.1, 0.15) is 13.3 Å². The van der Waals surface area contributed by atoms with Gasteiger partial charge in [0.15, 0.2) is 0 Å². The van der Waals surface area contributed by atoms with Gasteiger partial charge in [-0.3, -0.25) is 4.79 Å². The summed E-state index contributed by atoms with van der Waals surface area (Å²) in [5, 5.41) is 6.09. The first-order chi connectivity index (χ1) is 10.7. The number of hydrogen-bond acceptors (Lipinski definition) is 3. The van der Waals surface area contributed by atoms with Gasteiger partial charge in [0.1, 0.15) is 5.75 Å². The number of rotatable bonds is 7. The van der Waals surface area contributed by atoms with Crippen LogP contribution in [0, 0.1) is 0 Å². The number of para-hydroxylation sites is 2. The molecule has 0 aliphatic heterocycles. The molecule has 5 heteroatoms. The zero-order valence-electron chi connectivity index (χ0n) is 12.4. The average Bonchev–Trinajstić information content (AvgIpc) is 2.51. The molecule has 2 N–H and O–H groups in total. The van der Waals surface area contributed by atoms with E-state index in [9.17, 15) is 4.79 Å². The van der Waals surface area contributed by atoms with E-state index in [-0.39, 0.29) is 5.91 Å².